The van der Waals surface area contributed by atoms with Crippen molar-refractivity contribution in [3.8, 4) is 0 Å². The molecule has 0 aromatic carbocycles. The quantitative estimate of drug-likeness (QED) is 0.362. The van der Waals surface area contributed by atoms with Crippen LogP contribution in [0.1, 0.15) is 5.71 Å². The molecule has 0 amide bonds. The molecule has 0 saturated heterocycles. The van der Waals surface area contributed by atoms with Gasteiger partial charge in [-0.1, -0.05) is 0 Å². The molecule has 5 heteroatoms. The molecule has 0 rings (SSSR count). The molecule has 0 unspecified atom stereocenters. The first-order chi connectivity index (χ1) is 1.00. The van der Waals surface area contributed by atoms with E-state index in [1.807, 2.05) is 0 Å². The molecule has 0 aliphatic heterocycles. The van der Waals surface area contributed by atoms with Gasteiger partial charge in [-0.3, -0.25) is 0 Å². The molecule has 0 saturated carbocycles. The predicted octanol–water partition coefficient (Wildman–Crippen LogP) is -2.68. The van der Waals surface area contributed by atoms with Gasteiger partial charge in [-0.05, 0) is 19.5 Å². The summed E-state index contributed by atoms with van der Waals surface area (Å²) in [6.07, 6.45) is 0. The maximum atomic E-state index is 1.44. The maximum absolute atomic E-state index is 1.44. The molecule has 0 aliphatic carbocycles. The molecule has 5 heavy (non-hydrogen) atoms. The second kappa shape index (κ2) is 28.1. The van der Waals surface area contributed by atoms with Gasteiger partial charge in [0.15, 0.2) is 0 Å². The van der Waals surface area contributed by atoms with Crippen LogP contribution in [0.3, 0.4) is 0 Å². The van der Waals surface area contributed by atoms with Crippen LogP contribution in [0, 0.1) is 0 Å². The van der Waals surface area contributed by atoms with E-state index in [9.17, 15) is 0 Å². The maximum Gasteiger partial charge on any atom is 2.00 e. The van der Waals surface area contributed by atoms with Gasteiger partial charge in [-0.2, -0.15) is 0 Å². The third-order valence-corrected chi connectivity index (χ3v) is 0. The van der Waals surface area contributed by atoms with Crippen molar-refractivity contribution in [3.05, 3.63) is 0 Å². The van der Waals surface area contributed by atoms with Crippen LogP contribution >= 0.6 is 0 Å². The summed E-state index contributed by atoms with van der Waals surface area (Å²) in [4.78, 5) is 0. The summed E-state index contributed by atoms with van der Waals surface area (Å²) in [5, 5.41) is 0. The van der Waals surface area contributed by atoms with Crippen molar-refractivity contribution in [2.75, 3.05) is 0 Å². The van der Waals surface area contributed by atoms with Crippen molar-refractivity contribution in [1.82, 2.24) is 0 Å². The molecule has 0 bridgehead atoms. The fourth-order valence-electron chi connectivity index (χ4n) is 0. The molecule has 0 spiro atoms. The molecule has 0 N–H and O–H groups in total. The van der Waals surface area contributed by atoms with Crippen LogP contribution in [0.25, 0.3) is 0 Å². The fraction of sp³-hybridized carbons (Fsp3) is 0. The summed E-state index contributed by atoms with van der Waals surface area (Å²) in [7, 11) is 2.89. The van der Waals surface area contributed by atoms with Crippen LogP contribution in [0.2, 0.25) is 0 Å². The van der Waals surface area contributed by atoms with E-state index in [4.69, 9.17) is 0 Å². The van der Waals surface area contributed by atoms with Crippen molar-refractivity contribution in [2.45, 2.75) is 0 Å². The Morgan fingerprint density at radius 2 is 1.20 bits per heavy atom. The van der Waals surface area contributed by atoms with Crippen LogP contribution < -0.4 is 0 Å². The molecule has 0 aliphatic rings. The molecule has 0 fully saturated rings. The van der Waals surface area contributed by atoms with E-state index in [0.717, 1.165) is 0 Å². The van der Waals surface area contributed by atoms with Crippen molar-refractivity contribution < 1.29 is 22.8 Å². The normalized spacial score (nSPS) is 2.40. The standard InChI is InChI=1S/Ca.Fe.Mg.H6Si2.4H/c;;;1-2;;;;/h;;;1-2H3;;;;/q+2;;+2;;4*-1. The third kappa shape index (κ3) is 19.5. The molecule has 0 atom stereocenters. The predicted molar refractivity (Wildman–Crippen MR) is 35.8 cm³/mol. The van der Waals surface area contributed by atoms with Crippen molar-refractivity contribution in [1.29, 1.82) is 0 Å². The van der Waals surface area contributed by atoms with E-state index in [-0.39, 0.29) is 83.6 Å². The van der Waals surface area contributed by atoms with Gasteiger partial charge >= 0.3 is 60.8 Å². The second-order valence-corrected chi connectivity index (χ2v) is 0. The van der Waals surface area contributed by atoms with E-state index in [0.29, 0.717) is 0 Å². The van der Waals surface area contributed by atoms with Crippen molar-refractivity contribution in [2.24, 2.45) is 0 Å². The summed E-state index contributed by atoms with van der Waals surface area (Å²) in [6.45, 7) is 0. The van der Waals surface area contributed by atoms with E-state index < -0.39 is 0 Å². The largest absolute Gasteiger partial charge is 2.00 e. The van der Waals surface area contributed by atoms with E-state index in [1.165, 1.54) is 19.5 Å². The first-order valence-corrected chi connectivity index (χ1v) is 9.00. The van der Waals surface area contributed by atoms with Crippen LogP contribution in [0.4, 0.5) is 0 Å². The van der Waals surface area contributed by atoms with Gasteiger partial charge in [-0.15, -0.1) is 0 Å². The van der Waals surface area contributed by atoms with E-state index >= 15 is 0 Å². The van der Waals surface area contributed by atoms with Crippen LogP contribution in [0.5, 0.6) is 0 Å². The van der Waals surface area contributed by atoms with Gasteiger partial charge in [0.05, 0.1) is 0 Å². The molecule has 0 radical (unpaired) electrons. The summed E-state index contributed by atoms with van der Waals surface area (Å²) in [5.41, 5.74) is 0. The molecule has 0 aromatic rings. The van der Waals surface area contributed by atoms with Crippen molar-refractivity contribution in [3.63, 3.8) is 0 Å². The third-order valence-electron chi connectivity index (χ3n) is 0. The monoisotopic (exact) mass is 186 g/mol. The van der Waals surface area contributed by atoms with Gasteiger partial charge in [0, 0.05) is 17.1 Å². The molecular formula is H10CaFeMgSi2. The molecular weight excluding hydrogens is 176 g/mol. The summed E-state index contributed by atoms with van der Waals surface area (Å²) < 4.78 is 0. The topological polar surface area (TPSA) is 0 Å². The van der Waals surface area contributed by atoms with Crippen LogP contribution in [0.15, 0.2) is 0 Å². The minimum atomic E-state index is 0. The Bertz CT molecular complexity index is 18.5. The van der Waals surface area contributed by atoms with Gasteiger partial charge < -0.3 is 5.71 Å². The zero-order chi connectivity index (χ0) is 2.00. The Balaban J connectivity index is -0.000000000238. The van der Waals surface area contributed by atoms with E-state index in [1.54, 1.807) is 0 Å². The van der Waals surface area contributed by atoms with Gasteiger partial charge in [0.1, 0.15) is 0 Å². The Hall–Kier alpha value is 2.98. The van der Waals surface area contributed by atoms with Gasteiger partial charge in [0.2, 0.25) is 0 Å². The molecule has 0 aromatic heterocycles. The first-order valence-electron chi connectivity index (χ1n) is 1.00. The summed E-state index contributed by atoms with van der Waals surface area (Å²) >= 11 is 0. The second-order valence-electron chi connectivity index (χ2n) is 0. The smallest absolute Gasteiger partial charge is 1.00 e. The number of rotatable bonds is 0. The molecule has 0 nitrogen and oxygen atoms in total. The van der Waals surface area contributed by atoms with E-state index in [2.05, 4.69) is 0 Å². The van der Waals surface area contributed by atoms with Gasteiger partial charge in [0.25, 0.3) is 0 Å². The molecule has 0 heterocycles. The Labute approximate surface area is 101 Å². The van der Waals surface area contributed by atoms with Gasteiger partial charge in [-0.25, -0.2) is 0 Å². The fourth-order valence-corrected chi connectivity index (χ4v) is 0. The average Bonchev–Trinajstić information content (AvgIpc) is 1.00. The zero-order valence-corrected chi connectivity index (χ0v) is 12.5. The Morgan fingerprint density at radius 1 is 1.20 bits per heavy atom. The average molecular weight is 186 g/mol. The minimum Gasteiger partial charge on any atom is -1.00 e. The van der Waals surface area contributed by atoms with Crippen LogP contribution in [-0.4, -0.2) is 80.3 Å². The zero-order valence-electron chi connectivity index (χ0n) is 7.77. The number of hydrogen-bond acceptors (Lipinski definition) is 0. The summed E-state index contributed by atoms with van der Waals surface area (Å²) in [6, 6.07) is 0. The Kier molecular flexibility index (Phi) is 138. The minimum absolute atomic E-state index is 0. The SMILES string of the molecule is [Ca+2].[Fe].[H-].[H-].[H-].[H-].[Mg+2].[SiH3][SiH3]. The number of hydrogen-bond donors (Lipinski definition) is 0. The first kappa shape index (κ1) is 24.5. The Morgan fingerprint density at radius 3 is 1.20 bits per heavy atom. The van der Waals surface area contributed by atoms with Crippen LogP contribution in [-0.2, 0) is 17.1 Å². The summed E-state index contributed by atoms with van der Waals surface area (Å²) in [5.74, 6) is 0. The molecule has 30 valence electrons. The van der Waals surface area contributed by atoms with Crippen molar-refractivity contribution >= 4 is 80.3 Å².